The van der Waals surface area contributed by atoms with Gasteiger partial charge in [0.1, 0.15) is 22.3 Å². The standard InChI is InChI=1S/C48H28N4O2/c1-2-10-31(11-3-1)46-50-47(52-48(51-46)38-16-9-19-43-45(38)39-28-49-27-26-41(39)54-43)36-25-24-32(34-12-4-5-13-35(34)36)29-20-22-30(23-21-29)33-15-8-18-42-44(33)37-14-6-7-17-40(37)53-42/h1-28H. The Balaban J connectivity index is 1.06. The van der Waals surface area contributed by atoms with Gasteiger partial charge in [0.15, 0.2) is 17.5 Å². The lowest BCUT2D eigenvalue weighted by Gasteiger charge is -2.14. The summed E-state index contributed by atoms with van der Waals surface area (Å²) in [7, 11) is 0. The minimum atomic E-state index is 0.570. The van der Waals surface area contributed by atoms with Crippen molar-refractivity contribution in [2.75, 3.05) is 0 Å². The molecule has 0 saturated heterocycles. The van der Waals surface area contributed by atoms with Gasteiger partial charge in [-0.05, 0) is 63.4 Å². The molecular formula is C48H28N4O2. The van der Waals surface area contributed by atoms with Crippen molar-refractivity contribution in [2.24, 2.45) is 0 Å². The zero-order valence-electron chi connectivity index (χ0n) is 28.8. The van der Waals surface area contributed by atoms with Gasteiger partial charge in [0.2, 0.25) is 0 Å². The first-order valence-corrected chi connectivity index (χ1v) is 17.9. The molecule has 4 aromatic heterocycles. The lowest BCUT2D eigenvalue weighted by atomic mass is 9.93. The van der Waals surface area contributed by atoms with Gasteiger partial charge in [-0.25, -0.2) is 15.0 Å². The number of fused-ring (bicyclic) bond motifs is 7. The number of furan rings is 2. The van der Waals surface area contributed by atoms with Crippen LogP contribution in [0.3, 0.4) is 0 Å². The maximum atomic E-state index is 6.21. The van der Waals surface area contributed by atoms with E-state index in [4.69, 9.17) is 23.8 Å². The van der Waals surface area contributed by atoms with Crippen molar-refractivity contribution in [3.8, 4) is 56.4 Å². The zero-order chi connectivity index (χ0) is 35.6. The van der Waals surface area contributed by atoms with Crippen LogP contribution in [0.5, 0.6) is 0 Å². The van der Waals surface area contributed by atoms with E-state index in [0.29, 0.717) is 17.5 Å². The van der Waals surface area contributed by atoms with Crippen LogP contribution in [0.1, 0.15) is 0 Å². The van der Waals surface area contributed by atoms with Gasteiger partial charge in [-0.1, -0.05) is 127 Å². The summed E-state index contributed by atoms with van der Waals surface area (Å²) in [6.07, 6.45) is 3.58. The molecule has 0 radical (unpaired) electrons. The van der Waals surface area contributed by atoms with Crippen LogP contribution in [0.2, 0.25) is 0 Å². The van der Waals surface area contributed by atoms with Gasteiger partial charge in [-0.15, -0.1) is 0 Å². The molecule has 6 nitrogen and oxygen atoms in total. The highest BCUT2D eigenvalue weighted by atomic mass is 16.3. The van der Waals surface area contributed by atoms with E-state index >= 15 is 0 Å². The second-order valence-electron chi connectivity index (χ2n) is 13.4. The number of nitrogens with zero attached hydrogens (tertiary/aromatic N) is 4. The normalized spacial score (nSPS) is 11.7. The first kappa shape index (κ1) is 30.2. The van der Waals surface area contributed by atoms with Gasteiger partial charge in [0, 0.05) is 50.6 Å². The first-order chi connectivity index (χ1) is 26.8. The molecule has 11 rings (SSSR count). The van der Waals surface area contributed by atoms with Crippen LogP contribution in [0.25, 0.3) is 111 Å². The van der Waals surface area contributed by atoms with Crippen molar-refractivity contribution in [2.45, 2.75) is 0 Å². The van der Waals surface area contributed by atoms with E-state index in [1.807, 2.05) is 79.0 Å². The number of aromatic nitrogens is 4. The molecule has 7 aromatic carbocycles. The van der Waals surface area contributed by atoms with Gasteiger partial charge in [-0.3, -0.25) is 4.98 Å². The van der Waals surface area contributed by atoms with Crippen LogP contribution in [-0.2, 0) is 0 Å². The highest BCUT2D eigenvalue weighted by Gasteiger charge is 2.20. The monoisotopic (exact) mass is 692 g/mol. The van der Waals surface area contributed by atoms with Crippen molar-refractivity contribution < 1.29 is 8.83 Å². The summed E-state index contributed by atoms with van der Waals surface area (Å²) in [5.41, 5.74) is 10.6. The van der Waals surface area contributed by atoms with E-state index in [1.54, 1.807) is 6.20 Å². The van der Waals surface area contributed by atoms with Crippen LogP contribution < -0.4 is 0 Å². The molecule has 0 spiro atoms. The fourth-order valence-corrected chi connectivity index (χ4v) is 7.78. The number of rotatable bonds is 5. The van der Waals surface area contributed by atoms with Crippen LogP contribution in [0.4, 0.5) is 0 Å². The molecule has 0 aliphatic heterocycles. The fourth-order valence-electron chi connectivity index (χ4n) is 7.78. The summed E-state index contributed by atoms with van der Waals surface area (Å²) in [5.74, 6) is 1.77. The predicted molar refractivity (Wildman–Crippen MR) is 217 cm³/mol. The Morgan fingerprint density at radius 3 is 1.61 bits per heavy atom. The second kappa shape index (κ2) is 12.1. The maximum Gasteiger partial charge on any atom is 0.164 e. The zero-order valence-corrected chi connectivity index (χ0v) is 28.8. The molecule has 0 aliphatic carbocycles. The average molecular weight is 693 g/mol. The molecule has 6 heteroatoms. The number of para-hydroxylation sites is 1. The van der Waals surface area contributed by atoms with Gasteiger partial charge in [-0.2, -0.15) is 0 Å². The van der Waals surface area contributed by atoms with E-state index in [2.05, 4.69) is 89.9 Å². The van der Waals surface area contributed by atoms with Crippen LogP contribution >= 0.6 is 0 Å². The van der Waals surface area contributed by atoms with Crippen LogP contribution in [0.15, 0.2) is 179 Å². The van der Waals surface area contributed by atoms with Crippen molar-refractivity contribution in [3.05, 3.63) is 170 Å². The molecule has 0 saturated carbocycles. The number of hydrogen-bond donors (Lipinski definition) is 0. The molecule has 0 atom stereocenters. The second-order valence-corrected chi connectivity index (χ2v) is 13.4. The highest BCUT2D eigenvalue weighted by molar-refractivity contribution is 6.13. The summed E-state index contributed by atoms with van der Waals surface area (Å²) in [6.45, 7) is 0. The van der Waals surface area contributed by atoms with Crippen molar-refractivity contribution >= 4 is 54.6 Å². The summed E-state index contributed by atoms with van der Waals surface area (Å²) in [6, 6.07) is 54.0. The Labute approximate surface area is 309 Å². The fraction of sp³-hybridized carbons (Fsp3) is 0. The largest absolute Gasteiger partial charge is 0.456 e. The molecule has 0 aliphatic rings. The lowest BCUT2D eigenvalue weighted by molar-refractivity contribution is 0.668. The quantitative estimate of drug-likeness (QED) is 0.179. The number of pyridine rings is 1. The number of benzene rings is 7. The van der Waals surface area contributed by atoms with E-state index in [1.165, 1.54) is 0 Å². The maximum absolute atomic E-state index is 6.21. The summed E-state index contributed by atoms with van der Waals surface area (Å²) >= 11 is 0. The average Bonchev–Trinajstić information content (AvgIpc) is 3.82. The Bertz CT molecular complexity index is 3220. The topological polar surface area (TPSA) is 77.8 Å². The third-order valence-electron chi connectivity index (χ3n) is 10.3. The Morgan fingerprint density at radius 1 is 0.315 bits per heavy atom. The first-order valence-electron chi connectivity index (χ1n) is 17.9. The molecule has 0 N–H and O–H groups in total. The number of hydrogen-bond acceptors (Lipinski definition) is 6. The Morgan fingerprint density at radius 2 is 0.852 bits per heavy atom. The van der Waals surface area contributed by atoms with Crippen molar-refractivity contribution in [1.29, 1.82) is 0 Å². The third kappa shape index (κ3) is 4.81. The van der Waals surface area contributed by atoms with Gasteiger partial charge < -0.3 is 8.83 Å². The van der Waals surface area contributed by atoms with Gasteiger partial charge in [0.05, 0.1) is 0 Å². The molecular weight excluding hydrogens is 665 g/mol. The minimum absolute atomic E-state index is 0.570. The predicted octanol–water partition coefficient (Wildman–Crippen LogP) is 12.6. The Hall–Kier alpha value is -7.44. The molecule has 0 bridgehead atoms. The lowest BCUT2D eigenvalue weighted by Crippen LogP contribution is -2.01. The van der Waals surface area contributed by atoms with Gasteiger partial charge in [0.25, 0.3) is 0 Å². The summed E-state index contributed by atoms with van der Waals surface area (Å²) < 4.78 is 12.4. The van der Waals surface area contributed by atoms with Crippen LogP contribution in [0, 0.1) is 0 Å². The van der Waals surface area contributed by atoms with Crippen molar-refractivity contribution in [1.82, 2.24) is 19.9 Å². The summed E-state index contributed by atoms with van der Waals surface area (Å²) in [5, 5.41) is 6.28. The molecule has 11 aromatic rings. The van der Waals surface area contributed by atoms with Crippen molar-refractivity contribution in [3.63, 3.8) is 0 Å². The third-order valence-corrected chi connectivity index (χ3v) is 10.3. The SMILES string of the molecule is c1ccc(-c2nc(-c3ccc(-c4ccc(-c5cccc6oc7ccccc7c56)cc4)c4ccccc34)nc(-c3cccc4oc5ccncc5c34)n2)cc1. The molecule has 0 fully saturated rings. The Kier molecular flexibility index (Phi) is 6.75. The minimum Gasteiger partial charge on any atom is -0.456 e. The van der Waals surface area contributed by atoms with E-state index < -0.39 is 0 Å². The van der Waals surface area contributed by atoms with Gasteiger partial charge >= 0.3 is 0 Å². The molecule has 54 heavy (non-hydrogen) atoms. The highest BCUT2D eigenvalue weighted by Crippen LogP contribution is 2.40. The molecule has 0 amide bonds. The molecule has 4 heterocycles. The van der Waals surface area contributed by atoms with E-state index in [-0.39, 0.29) is 0 Å². The molecule has 252 valence electrons. The van der Waals surface area contributed by atoms with Crippen LogP contribution in [-0.4, -0.2) is 19.9 Å². The molecule has 0 unspecified atom stereocenters. The van der Waals surface area contributed by atoms with E-state index in [9.17, 15) is 0 Å². The smallest absolute Gasteiger partial charge is 0.164 e. The van der Waals surface area contributed by atoms with E-state index in [0.717, 1.165) is 93.6 Å². The summed E-state index contributed by atoms with van der Waals surface area (Å²) in [4.78, 5) is 19.7.